The topological polar surface area (TPSA) is 29.1 Å². The van der Waals surface area contributed by atoms with Gasteiger partial charge in [0.1, 0.15) is 0 Å². The lowest BCUT2D eigenvalue weighted by Crippen LogP contribution is -2.46. The second-order valence-corrected chi connectivity index (χ2v) is 5.05. The minimum Gasteiger partial charge on any atom is -0.303 e. The Morgan fingerprint density at radius 3 is 2.69 bits per heavy atom. The standard InChI is InChI=1S/C13H18ClNO/c1-9(15-13(2,3)4)12(16)10-6-5-7-11(14)8-10/h5-9,15H,1-4H3/i5D,6D,7D,8D. The number of hydrogen-bond acceptors (Lipinski definition) is 2. The minimum atomic E-state index is -0.616. The number of hydrogen-bond donors (Lipinski definition) is 1. The Bertz CT molecular complexity index is 525. The van der Waals surface area contributed by atoms with Crippen LogP contribution in [0, 0.1) is 0 Å². The number of rotatable bonds is 3. The van der Waals surface area contributed by atoms with Crippen LogP contribution < -0.4 is 5.32 Å². The molecule has 0 heterocycles. The van der Waals surface area contributed by atoms with E-state index in [1.807, 2.05) is 20.8 Å². The molecule has 0 fully saturated rings. The summed E-state index contributed by atoms with van der Waals surface area (Å²) in [5.41, 5.74) is -0.511. The second-order valence-electron chi connectivity index (χ2n) is 4.67. The Morgan fingerprint density at radius 1 is 1.50 bits per heavy atom. The van der Waals surface area contributed by atoms with Crippen LogP contribution in [0.1, 0.15) is 43.5 Å². The van der Waals surface area contributed by atoms with E-state index in [4.69, 9.17) is 17.1 Å². The van der Waals surface area contributed by atoms with Gasteiger partial charge in [-0.05, 0) is 39.8 Å². The predicted molar refractivity (Wildman–Crippen MR) is 68.1 cm³/mol. The number of halogens is 1. The van der Waals surface area contributed by atoms with Crippen LogP contribution in [0.25, 0.3) is 0 Å². The highest BCUT2D eigenvalue weighted by molar-refractivity contribution is 6.31. The Morgan fingerprint density at radius 2 is 2.12 bits per heavy atom. The maximum Gasteiger partial charge on any atom is 0.179 e. The van der Waals surface area contributed by atoms with Crippen molar-refractivity contribution in [2.75, 3.05) is 0 Å². The molecule has 0 aliphatic heterocycles. The molecule has 0 radical (unpaired) electrons. The molecule has 88 valence electrons. The van der Waals surface area contributed by atoms with Crippen LogP contribution in [0.3, 0.4) is 0 Å². The van der Waals surface area contributed by atoms with Gasteiger partial charge in [-0.2, -0.15) is 0 Å². The Hall–Kier alpha value is -0.860. The molecule has 0 aliphatic carbocycles. The molecule has 0 aliphatic rings. The third kappa shape index (κ3) is 3.95. The van der Waals surface area contributed by atoms with E-state index in [9.17, 15) is 4.79 Å². The van der Waals surface area contributed by atoms with Crippen molar-refractivity contribution in [1.82, 2.24) is 5.32 Å². The molecule has 1 rings (SSSR count). The summed E-state index contributed by atoms with van der Waals surface area (Å²) >= 11 is 5.79. The van der Waals surface area contributed by atoms with Crippen molar-refractivity contribution in [3.8, 4) is 0 Å². The summed E-state index contributed by atoms with van der Waals surface area (Å²) in [4.78, 5) is 12.4. The highest BCUT2D eigenvalue weighted by Crippen LogP contribution is 2.13. The number of ketones is 1. The van der Waals surface area contributed by atoms with Crippen LogP contribution in [-0.2, 0) is 0 Å². The Labute approximate surface area is 108 Å². The van der Waals surface area contributed by atoms with Gasteiger partial charge in [-0.15, -0.1) is 0 Å². The molecular weight excluding hydrogens is 222 g/mol. The zero-order chi connectivity index (χ0) is 15.8. The Kier molecular flexibility index (Phi) is 2.57. The van der Waals surface area contributed by atoms with Crippen LogP contribution in [0.5, 0.6) is 0 Å². The van der Waals surface area contributed by atoms with Crippen molar-refractivity contribution in [1.29, 1.82) is 0 Å². The zero-order valence-corrected chi connectivity index (χ0v) is 10.6. The molecule has 0 saturated heterocycles. The van der Waals surface area contributed by atoms with Crippen molar-refractivity contribution in [3.05, 3.63) is 34.8 Å². The van der Waals surface area contributed by atoms with Gasteiger partial charge in [-0.3, -0.25) is 4.79 Å². The lowest BCUT2D eigenvalue weighted by atomic mass is 10.0. The predicted octanol–water partition coefficient (Wildman–Crippen LogP) is 3.30. The van der Waals surface area contributed by atoms with Gasteiger partial charge in [0.05, 0.1) is 11.5 Å². The van der Waals surface area contributed by atoms with Crippen molar-refractivity contribution in [2.45, 2.75) is 39.3 Å². The maximum absolute atomic E-state index is 12.4. The number of benzene rings is 1. The van der Waals surface area contributed by atoms with Crippen LogP contribution in [0.4, 0.5) is 0 Å². The molecule has 0 amide bonds. The van der Waals surface area contributed by atoms with Gasteiger partial charge in [0.15, 0.2) is 5.78 Å². The number of nitrogens with one attached hydrogen (secondary N) is 1. The average Bonchev–Trinajstić information content (AvgIpc) is 2.32. The van der Waals surface area contributed by atoms with Gasteiger partial charge in [0.2, 0.25) is 0 Å². The first-order chi connectivity index (χ1) is 8.97. The molecule has 1 aromatic rings. The summed E-state index contributed by atoms with van der Waals surface area (Å²) in [5, 5.41) is 2.79. The van der Waals surface area contributed by atoms with E-state index in [0.717, 1.165) is 0 Å². The highest BCUT2D eigenvalue weighted by Gasteiger charge is 2.20. The summed E-state index contributed by atoms with van der Waals surface area (Å²) in [6.07, 6.45) is 0. The molecule has 0 saturated carbocycles. The first-order valence-corrected chi connectivity index (χ1v) is 5.43. The van der Waals surface area contributed by atoms with Crippen LogP contribution in [0.15, 0.2) is 24.2 Å². The molecular formula is C13H18ClNO. The molecule has 0 spiro atoms. The molecule has 1 atom stereocenters. The summed E-state index contributed by atoms with van der Waals surface area (Å²) in [7, 11) is 0. The van der Waals surface area contributed by atoms with Gasteiger partial charge in [-0.1, -0.05) is 23.7 Å². The van der Waals surface area contributed by atoms with Crippen LogP contribution in [-0.4, -0.2) is 17.4 Å². The van der Waals surface area contributed by atoms with E-state index in [2.05, 4.69) is 5.32 Å². The third-order valence-corrected chi connectivity index (χ3v) is 2.07. The largest absolute Gasteiger partial charge is 0.303 e. The summed E-state index contributed by atoms with van der Waals surface area (Å²) in [5.74, 6) is -0.467. The fraction of sp³-hybridized carbons (Fsp3) is 0.462. The first kappa shape index (κ1) is 8.26. The molecule has 0 aromatic heterocycles. The van der Waals surface area contributed by atoms with Gasteiger partial charge in [-0.25, -0.2) is 0 Å². The number of carbonyl (C=O) groups is 1. The first-order valence-electron chi connectivity index (χ1n) is 7.05. The van der Waals surface area contributed by atoms with E-state index in [0.29, 0.717) is 0 Å². The van der Waals surface area contributed by atoms with Crippen molar-refractivity contribution >= 4 is 17.4 Å². The van der Waals surface area contributed by atoms with Gasteiger partial charge >= 0.3 is 0 Å². The van der Waals surface area contributed by atoms with Gasteiger partial charge < -0.3 is 5.32 Å². The molecule has 1 aromatic carbocycles. The van der Waals surface area contributed by atoms with Crippen molar-refractivity contribution < 1.29 is 10.3 Å². The second kappa shape index (κ2) is 4.98. The molecule has 0 bridgehead atoms. The molecule has 1 N–H and O–H groups in total. The van der Waals surface area contributed by atoms with Crippen LogP contribution >= 0.6 is 11.6 Å². The lowest BCUT2D eigenvalue weighted by Gasteiger charge is -2.25. The SMILES string of the molecule is [2H]c1c([2H])c(Cl)c([2H])c(C(=O)C(C)NC(C)(C)C)c1[2H]. The fourth-order valence-electron chi connectivity index (χ4n) is 1.38. The van der Waals surface area contributed by atoms with E-state index in [-0.39, 0.29) is 22.2 Å². The van der Waals surface area contributed by atoms with Gasteiger partial charge in [0.25, 0.3) is 0 Å². The minimum absolute atomic E-state index is 0.208. The van der Waals surface area contributed by atoms with Crippen LogP contribution in [0.2, 0.25) is 5.02 Å². The lowest BCUT2D eigenvalue weighted by molar-refractivity contribution is 0.0936. The Balaban J connectivity index is 3.31. The van der Waals surface area contributed by atoms with Gasteiger partial charge in [0, 0.05) is 16.1 Å². The molecule has 3 heteroatoms. The monoisotopic (exact) mass is 243 g/mol. The maximum atomic E-state index is 12.4. The normalized spacial score (nSPS) is 17.1. The average molecular weight is 244 g/mol. The van der Waals surface area contributed by atoms with E-state index < -0.39 is 30.0 Å². The smallest absolute Gasteiger partial charge is 0.179 e. The molecule has 16 heavy (non-hydrogen) atoms. The summed E-state index contributed by atoms with van der Waals surface area (Å²) in [6, 6.07) is -2.22. The van der Waals surface area contributed by atoms with E-state index in [1.165, 1.54) is 0 Å². The summed E-state index contributed by atoms with van der Waals surface area (Å²) in [6.45, 7) is 7.33. The summed E-state index contributed by atoms with van der Waals surface area (Å²) < 4.78 is 30.8. The van der Waals surface area contributed by atoms with Crippen molar-refractivity contribution in [3.63, 3.8) is 0 Å². The molecule has 2 nitrogen and oxygen atoms in total. The zero-order valence-electron chi connectivity index (χ0n) is 13.9. The quantitative estimate of drug-likeness (QED) is 0.826. The molecule has 1 unspecified atom stereocenters. The highest BCUT2D eigenvalue weighted by atomic mass is 35.5. The number of Topliss-reactive ketones (excluding diaryl/α,β-unsaturated/α-hetero) is 1. The van der Waals surface area contributed by atoms with E-state index >= 15 is 0 Å². The number of carbonyl (C=O) groups excluding carboxylic acids is 1. The van der Waals surface area contributed by atoms with Crippen molar-refractivity contribution in [2.24, 2.45) is 0 Å². The van der Waals surface area contributed by atoms with E-state index in [1.54, 1.807) is 6.92 Å². The third-order valence-electron chi connectivity index (χ3n) is 1.88. The fourth-order valence-corrected chi connectivity index (χ4v) is 1.52.